The minimum absolute atomic E-state index is 0.0390. The average molecular weight is 294 g/mol. The molecule has 2 amide bonds. The molecule has 2 unspecified atom stereocenters. The van der Waals surface area contributed by atoms with Crippen LogP contribution in [-0.2, 0) is 9.59 Å². The molecule has 2 atom stereocenters. The van der Waals surface area contributed by atoms with Gasteiger partial charge >= 0.3 is 0 Å². The van der Waals surface area contributed by atoms with Gasteiger partial charge < -0.3 is 10.1 Å². The number of halogens is 1. The summed E-state index contributed by atoms with van der Waals surface area (Å²) in [6.45, 7) is 5.35. The van der Waals surface area contributed by atoms with E-state index in [4.69, 9.17) is 4.74 Å². The fourth-order valence-electron chi connectivity index (χ4n) is 2.42. The number of nitrogens with one attached hydrogen (secondary N) is 1. The second-order valence-corrected chi connectivity index (χ2v) is 5.43. The largest absolute Gasteiger partial charge is 0.494 e. The zero-order chi connectivity index (χ0) is 15.7. The zero-order valence-corrected chi connectivity index (χ0v) is 12.5. The van der Waals surface area contributed by atoms with Crippen LogP contribution in [0.4, 0.5) is 10.1 Å². The molecule has 1 fully saturated rings. The summed E-state index contributed by atoms with van der Waals surface area (Å²) in [7, 11) is 1.40. The Balaban J connectivity index is 2.49. The minimum atomic E-state index is -0.674. The van der Waals surface area contributed by atoms with Crippen molar-refractivity contribution < 1.29 is 18.7 Å². The average Bonchev–Trinajstić information content (AvgIpc) is 2.44. The van der Waals surface area contributed by atoms with E-state index in [1.807, 2.05) is 13.8 Å². The van der Waals surface area contributed by atoms with Crippen molar-refractivity contribution in [2.75, 3.05) is 12.0 Å². The van der Waals surface area contributed by atoms with E-state index in [-0.39, 0.29) is 23.5 Å². The van der Waals surface area contributed by atoms with E-state index in [9.17, 15) is 14.0 Å². The number of methoxy groups -OCH3 is 1. The van der Waals surface area contributed by atoms with Crippen molar-refractivity contribution in [2.24, 2.45) is 5.92 Å². The number of carbonyl (C=O) groups is 2. The molecule has 1 N–H and O–H groups in total. The Morgan fingerprint density at radius 3 is 2.57 bits per heavy atom. The number of carbonyl (C=O) groups excluding carboxylic acids is 2. The van der Waals surface area contributed by atoms with Gasteiger partial charge in [-0.15, -0.1) is 0 Å². The van der Waals surface area contributed by atoms with E-state index in [0.29, 0.717) is 5.69 Å². The monoisotopic (exact) mass is 294 g/mol. The molecule has 0 spiro atoms. The highest BCUT2D eigenvalue weighted by Crippen LogP contribution is 2.32. The third kappa shape index (κ3) is 2.70. The van der Waals surface area contributed by atoms with Gasteiger partial charge in [0.25, 0.3) is 5.91 Å². The molecular weight excluding hydrogens is 275 g/mol. The van der Waals surface area contributed by atoms with E-state index in [1.54, 1.807) is 6.92 Å². The number of hydrogen-bond acceptors (Lipinski definition) is 3. The number of anilines is 1. The molecule has 1 aromatic rings. The predicted molar refractivity (Wildman–Crippen MR) is 76.7 cm³/mol. The van der Waals surface area contributed by atoms with Crippen LogP contribution in [0.3, 0.4) is 0 Å². The first-order chi connectivity index (χ1) is 9.86. The Bertz CT molecular complexity index is 574. The smallest absolute Gasteiger partial charge is 0.250 e. The first-order valence-corrected chi connectivity index (χ1v) is 6.83. The molecule has 0 saturated carbocycles. The summed E-state index contributed by atoms with van der Waals surface area (Å²) >= 11 is 0. The fraction of sp³-hybridized carbons (Fsp3) is 0.467. The molecule has 6 heteroatoms. The number of piperazine rings is 1. The minimum Gasteiger partial charge on any atom is -0.494 e. The van der Waals surface area contributed by atoms with Crippen LogP contribution >= 0.6 is 0 Å². The second kappa shape index (κ2) is 5.71. The maximum Gasteiger partial charge on any atom is 0.250 e. The lowest BCUT2D eigenvalue weighted by Crippen LogP contribution is -2.64. The molecule has 0 aliphatic carbocycles. The summed E-state index contributed by atoms with van der Waals surface area (Å²) in [5.74, 6) is -0.727. The van der Waals surface area contributed by atoms with E-state index in [1.165, 1.54) is 30.2 Å². The highest BCUT2D eigenvalue weighted by Gasteiger charge is 2.41. The number of rotatable bonds is 3. The highest BCUT2D eigenvalue weighted by molar-refractivity contribution is 6.09. The third-order valence-electron chi connectivity index (χ3n) is 3.64. The van der Waals surface area contributed by atoms with Gasteiger partial charge in [-0.3, -0.25) is 14.5 Å². The van der Waals surface area contributed by atoms with Crippen LogP contribution in [0.15, 0.2) is 18.2 Å². The van der Waals surface area contributed by atoms with E-state index < -0.39 is 17.9 Å². The van der Waals surface area contributed by atoms with Crippen molar-refractivity contribution in [3.05, 3.63) is 24.0 Å². The summed E-state index contributed by atoms with van der Waals surface area (Å²) in [5, 5.41) is 2.72. The van der Waals surface area contributed by atoms with E-state index in [0.717, 1.165) is 0 Å². The first kappa shape index (κ1) is 15.3. The van der Waals surface area contributed by atoms with E-state index in [2.05, 4.69) is 5.32 Å². The van der Waals surface area contributed by atoms with Gasteiger partial charge in [0, 0.05) is 6.07 Å². The Kier molecular flexibility index (Phi) is 4.16. The number of hydrogen-bond donors (Lipinski definition) is 1. The number of ether oxygens (including phenoxy) is 1. The maximum absolute atomic E-state index is 13.3. The molecular formula is C15H19FN2O3. The van der Waals surface area contributed by atoms with Crippen LogP contribution in [0.5, 0.6) is 5.75 Å². The Hall–Kier alpha value is -2.11. The first-order valence-electron chi connectivity index (χ1n) is 6.83. The molecule has 1 aromatic carbocycles. The summed E-state index contributed by atoms with van der Waals surface area (Å²) < 4.78 is 18.5. The lowest BCUT2D eigenvalue weighted by Gasteiger charge is -2.39. The van der Waals surface area contributed by atoms with Crippen LogP contribution in [0.25, 0.3) is 0 Å². The van der Waals surface area contributed by atoms with Crippen LogP contribution < -0.4 is 15.0 Å². The molecule has 0 aromatic heterocycles. The quantitative estimate of drug-likeness (QED) is 0.923. The number of benzene rings is 1. The normalized spacial score (nSPS) is 22.5. The Labute approximate surface area is 123 Å². The highest BCUT2D eigenvalue weighted by atomic mass is 19.1. The van der Waals surface area contributed by atoms with Crippen LogP contribution in [0.1, 0.15) is 20.8 Å². The van der Waals surface area contributed by atoms with Gasteiger partial charge in [-0.25, -0.2) is 4.39 Å². The van der Waals surface area contributed by atoms with Crippen molar-refractivity contribution >= 4 is 17.5 Å². The molecule has 2 rings (SSSR count). The maximum atomic E-state index is 13.3. The van der Waals surface area contributed by atoms with Gasteiger partial charge in [0.15, 0.2) is 0 Å². The van der Waals surface area contributed by atoms with Gasteiger partial charge in [0.2, 0.25) is 5.91 Å². The van der Waals surface area contributed by atoms with Gasteiger partial charge in [-0.1, -0.05) is 13.8 Å². The lowest BCUT2D eigenvalue weighted by molar-refractivity contribution is -0.134. The van der Waals surface area contributed by atoms with Crippen molar-refractivity contribution in [1.82, 2.24) is 5.32 Å². The van der Waals surface area contributed by atoms with Crippen LogP contribution in [0.2, 0.25) is 0 Å². The molecule has 0 bridgehead atoms. The second-order valence-electron chi connectivity index (χ2n) is 5.43. The third-order valence-corrected chi connectivity index (χ3v) is 3.64. The molecule has 114 valence electrons. The van der Waals surface area contributed by atoms with Gasteiger partial charge in [-0.05, 0) is 25.0 Å². The summed E-state index contributed by atoms with van der Waals surface area (Å²) in [5.41, 5.74) is 0.400. The molecule has 1 aliphatic heterocycles. The molecule has 1 saturated heterocycles. The van der Waals surface area contributed by atoms with E-state index >= 15 is 0 Å². The molecule has 0 radical (unpaired) electrons. The molecule has 5 nitrogen and oxygen atoms in total. The standard InChI is InChI=1S/C15H19FN2O3/c1-8(2)13-15(20)18(9(3)14(19)17-13)11-6-5-10(16)7-12(11)21-4/h5-9,13H,1-4H3,(H,17,19). The summed E-state index contributed by atoms with van der Waals surface area (Å²) in [6, 6.07) is 2.63. The Morgan fingerprint density at radius 2 is 2.00 bits per heavy atom. The fourth-order valence-corrected chi connectivity index (χ4v) is 2.42. The summed E-state index contributed by atoms with van der Waals surface area (Å²) in [6.07, 6.45) is 0. The van der Waals surface area contributed by atoms with Gasteiger partial charge in [-0.2, -0.15) is 0 Å². The predicted octanol–water partition coefficient (Wildman–Crippen LogP) is 1.71. The topological polar surface area (TPSA) is 58.6 Å². The van der Waals surface area contributed by atoms with Crippen molar-refractivity contribution in [3.63, 3.8) is 0 Å². The molecule has 1 aliphatic rings. The van der Waals surface area contributed by atoms with Gasteiger partial charge in [0.05, 0.1) is 12.8 Å². The van der Waals surface area contributed by atoms with Crippen LogP contribution in [0, 0.1) is 11.7 Å². The molecule has 21 heavy (non-hydrogen) atoms. The van der Waals surface area contributed by atoms with Crippen molar-refractivity contribution in [2.45, 2.75) is 32.9 Å². The van der Waals surface area contributed by atoms with Gasteiger partial charge in [0.1, 0.15) is 23.7 Å². The van der Waals surface area contributed by atoms with Crippen molar-refractivity contribution in [3.8, 4) is 5.75 Å². The summed E-state index contributed by atoms with van der Waals surface area (Å²) in [4.78, 5) is 26.1. The number of amides is 2. The van der Waals surface area contributed by atoms with Crippen LogP contribution in [-0.4, -0.2) is 31.0 Å². The van der Waals surface area contributed by atoms with Crippen molar-refractivity contribution in [1.29, 1.82) is 0 Å². The lowest BCUT2D eigenvalue weighted by atomic mass is 9.97. The zero-order valence-electron chi connectivity index (χ0n) is 12.5. The Morgan fingerprint density at radius 1 is 1.33 bits per heavy atom. The number of nitrogens with zero attached hydrogens (tertiary/aromatic N) is 1. The SMILES string of the molecule is COc1cc(F)ccc1N1C(=O)C(C(C)C)NC(=O)C1C. The molecule has 1 heterocycles.